The fourth-order valence-corrected chi connectivity index (χ4v) is 4.93. The van der Waals surface area contributed by atoms with Crippen LogP contribution in [0.15, 0.2) is 53.7 Å². The summed E-state index contributed by atoms with van der Waals surface area (Å²) in [7, 11) is 0. The fraction of sp³-hybridized carbons (Fsp3) is 0.292. The molecule has 3 heterocycles. The third kappa shape index (κ3) is 6.04. The van der Waals surface area contributed by atoms with Gasteiger partial charge in [0, 0.05) is 49.5 Å². The summed E-state index contributed by atoms with van der Waals surface area (Å²) in [6, 6.07) is 15.3. The minimum Gasteiger partial charge on any atom is -0.454 e. The van der Waals surface area contributed by atoms with E-state index >= 15 is 0 Å². The summed E-state index contributed by atoms with van der Waals surface area (Å²) in [5, 5.41) is 4.48. The van der Waals surface area contributed by atoms with Crippen molar-refractivity contribution in [2.45, 2.75) is 11.7 Å². The number of hydrogen-bond acceptors (Lipinski definition) is 8. The SMILES string of the molecule is O=C(CSc1nc(Cl)cc(N2CCN(c3ccc(Cl)cc3)CC2)n1)NCc1ccc2c(c1)OCO2. The highest BCUT2D eigenvalue weighted by Crippen LogP contribution is 2.32. The summed E-state index contributed by atoms with van der Waals surface area (Å²) in [6.07, 6.45) is 0. The number of thioether (sulfide) groups is 1. The predicted molar refractivity (Wildman–Crippen MR) is 138 cm³/mol. The first-order valence-electron chi connectivity index (χ1n) is 11.1. The van der Waals surface area contributed by atoms with Gasteiger partial charge in [-0.25, -0.2) is 9.97 Å². The molecule has 2 aliphatic rings. The largest absolute Gasteiger partial charge is 0.454 e. The van der Waals surface area contributed by atoms with Crippen LogP contribution < -0.4 is 24.6 Å². The Labute approximate surface area is 217 Å². The number of piperazine rings is 1. The van der Waals surface area contributed by atoms with Crippen molar-refractivity contribution in [2.75, 3.05) is 48.5 Å². The summed E-state index contributed by atoms with van der Waals surface area (Å²) in [6.45, 7) is 3.94. The van der Waals surface area contributed by atoms with Gasteiger partial charge in [-0.15, -0.1) is 0 Å². The molecule has 3 aromatic rings. The number of nitrogens with zero attached hydrogens (tertiary/aromatic N) is 4. The van der Waals surface area contributed by atoms with Crippen LogP contribution in [0, 0.1) is 0 Å². The summed E-state index contributed by atoms with van der Waals surface area (Å²) >= 11 is 13.5. The van der Waals surface area contributed by atoms with E-state index in [-0.39, 0.29) is 18.5 Å². The zero-order valence-electron chi connectivity index (χ0n) is 18.7. The number of halogens is 2. The highest BCUT2D eigenvalue weighted by atomic mass is 35.5. The third-order valence-electron chi connectivity index (χ3n) is 5.72. The van der Waals surface area contributed by atoms with Crippen molar-refractivity contribution in [1.29, 1.82) is 0 Å². The van der Waals surface area contributed by atoms with Gasteiger partial charge in [0.1, 0.15) is 11.0 Å². The molecule has 0 saturated carbocycles. The number of nitrogens with one attached hydrogen (secondary N) is 1. The minimum absolute atomic E-state index is 0.116. The molecule has 0 unspecified atom stereocenters. The van der Waals surface area contributed by atoms with Crippen LogP contribution in [0.4, 0.5) is 11.5 Å². The molecule has 0 spiro atoms. The molecular weight excluding hydrogens is 509 g/mol. The quantitative estimate of drug-likeness (QED) is 0.275. The van der Waals surface area contributed by atoms with Crippen LogP contribution in [-0.2, 0) is 11.3 Å². The number of fused-ring (bicyclic) bond motifs is 1. The van der Waals surface area contributed by atoms with Crippen molar-refractivity contribution in [3.63, 3.8) is 0 Å². The lowest BCUT2D eigenvalue weighted by Crippen LogP contribution is -2.46. The Morgan fingerprint density at radius 1 is 0.943 bits per heavy atom. The van der Waals surface area contributed by atoms with E-state index in [1.807, 2.05) is 42.5 Å². The zero-order chi connectivity index (χ0) is 24.2. The maximum absolute atomic E-state index is 12.4. The van der Waals surface area contributed by atoms with Crippen LogP contribution in [0.25, 0.3) is 0 Å². The number of carbonyl (C=O) groups excluding carboxylic acids is 1. The van der Waals surface area contributed by atoms with Gasteiger partial charge in [0.25, 0.3) is 0 Å². The number of carbonyl (C=O) groups is 1. The molecule has 1 fully saturated rings. The molecule has 1 N–H and O–H groups in total. The highest BCUT2D eigenvalue weighted by molar-refractivity contribution is 7.99. The van der Waals surface area contributed by atoms with Crippen LogP contribution in [0.2, 0.25) is 10.2 Å². The Morgan fingerprint density at radius 2 is 1.69 bits per heavy atom. The summed E-state index contributed by atoms with van der Waals surface area (Å²) in [4.78, 5) is 25.8. The molecule has 35 heavy (non-hydrogen) atoms. The van der Waals surface area contributed by atoms with E-state index in [2.05, 4.69) is 25.1 Å². The van der Waals surface area contributed by atoms with E-state index in [1.165, 1.54) is 11.8 Å². The normalized spacial score (nSPS) is 14.8. The molecule has 2 aliphatic heterocycles. The van der Waals surface area contributed by atoms with E-state index in [1.54, 1.807) is 6.07 Å². The molecule has 0 radical (unpaired) electrons. The second-order valence-corrected chi connectivity index (χ2v) is 9.80. The van der Waals surface area contributed by atoms with Gasteiger partial charge in [-0.2, -0.15) is 0 Å². The molecule has 11 heteroatoms. The molecule has 2 aromatic carbocycles. The maximum atomic E-state index is 12.4. The van der Waals surface area contributed by atoms with E-state index in [9.17, 15) is 4.79 Å². The van der Waals surface area contributed by atoms with Crippen LogP contribution in [0.5, 0.6) is 11.5 Å². The van der Waals surface area contributed by atoms with Gasteiger partial charge < -0.3 is 24.6 Å². The molecule has 0 aliphatic carbocycles. The second kappa shape index (κ2) is 10.8. The monoisotopic (exact) mass is 531 g/mol. The number of ether oxygens (including phenoxy) is 2. The number of anilines is 2. The van der Waals surface area contributed by atoms with Gasteiger partial charge in [0.05, 0.1) is 5.75 Å². The molecular formula is C24H23Cl2N5O3S. The Hall–Kier alpha value is -2.88. The minimum atomic E-state index is -0.116. The Kier molecular flexibility index (Phi) is 7.36. The Balaban J connectivity index is 1.13. The first-order valence-corrected chi connectivity index (χ1v) is 12.9. The molecule has 1 amide bonds. The molecule has 1 saturated heterocycles. The van der Waals surface area contributed by atoms with Crippen molar-refractivity contribution in [3.05, 3.63) is 64.3 Å². The zero-order valence-corrected chi connectivity index (χ0v) is 21.1. The topological polar surface area (TPSA) is 79.8 Å². The average molecular weight is 532 g/mol. The first-order chi connectivity index (χ1) is 17.0. The summed E-state index contributed by atoms with van der Waals surface area (Å²) < 4.78 is 10.7. The van der Waals surface area contributed by atoms with Crippen LogP contribution in [-0.4, -0.2) is 54.6 Å². The second-order valence-electron chi connectivity index (χ2n) is 8.03. The summed E-state index contributed by atoms with van der Waals surface area (Å²) in [5.41, 5.74) is 2.09. The molecule has 5 rings (SSSR count). The molecule has 0 bridgehead atoms. The predicted octanol–water partition coefficient (Wildman–Crippen LogP) is 4.25. The average Bonchev–Trinajstić information content (AvgIpc) is 3.34. The molecule has 1 aromatic heterocycles. The Morgan fingerprint density at radius 3 is 2.49 bits per heavy atom. The molecule has 0 atom stereocenters. The number of rotatable bonds is 7. The van der Waals surface area contributed by atoms with Crippen molar-refractivity contribution in [2.24, 2.45) is 0 Å². The number of benzene rings is 2. The van der Waals surface area contributed by atoms with E-state index in [0.717, 1.165) is 54.0 Å². The lowest BCUT2D eigenvalue weighted by molar-refractivity contribution is -0.118. The molecule has 8 nitrogen and oxygen atoms in total. The lowest BCUT2D eigenvalue weighted by Gasteiger charge is -2.36. The smallest absolute Gasteiger partial charge is 0.231 e. The first kappa shape index (κ1) is 23.8. The van der Waals surface area contributed by atoms with Gasteiger partial charge in [-0.3, -0.25) is 4.79 Å². The summed E-state index contributed by atoms with van der Waals surface area (Å²) in [5.74, 6) is 2.25. The van der Waals surface area contributed by atoms with Crippen molar-refractivity contribution >= 4 is 52.4 Å². The van der Waals surface area contributed by atoms with Crippen LogP contribution in [0.3, 0.4) is 0 Å². The standard InChI is InChI=1S/C24H23Cl2N5O3S/c25-17-2-4-18(5-3-17)30-7-9-31(10-8-30)22-12-21(26)28-24(29-22)35-14-23(32)27-13-16-1-6-19-20(11-16)34-15-33-19/h1-6,11-12H,7-10,13-15H2,(H,27,32). The van der Waals surface area contributed by atoms with Gasteiger partial charge >= 0.3 is 0 Å². The van der Waals surface area contributed by atoms with E-state index < -0.39 is 0 Å². The number of hydrogen-bond donors (Lipinski definition) is 1. The van der Waals surface area contributed by atoms with Gasteiger partial charge in [-0.1, -0.05) is 41.0 Å². The van der Waals surface area contributed by atoms with Crippen LogP contribution in [0.1, 0.15) is 5.56 Å². The van der Waals surface area contributed by atoms with Crippen molar-refractivity contribution in [1.82, 2.24) is 15.3 Å². The number of aromatic nitrogens is 2. The Bertz CT molecular complexity index is 1210. The van der Waals surface area contributed by atoms with E-state index in [0.29, 0.717) is 22.6 Å². The lowest BCUT2D eigenvalue weighted by atomic mass is 10.2. The van der Waals surface area contributed by atoms with Crippen molar-refractivity contribution < 1.29 is 14.3 Å². The van der Waals surface area contributed by atoms with Gasteiger partial charge in [-0.05, 0) is 42.0 Å². The highest BCUT2D eigenvalue weighted by Gasteiger charge is 2.20. The van der Waals surface area contributed by atoms with Gasteiger partial charge in [0.15, 0.2) is 16.7 Å². The molecule has 182 valence electrons. The number of amides is 1. The van der Waals surface area contributed by atoms with Gasteiger partial charge in [0.2, 0.25) is 12.7 Å². The maximum Gasteiger partial charge on any atom is 0.231 e. The fourth-order valence-electron chi connectivity index (χ4n) is 3.89. The van der Waals surface area contributed by atoms with Crippen LogP contribution >= 0.6 is 35.0 Å². The van der Waals surface area contributed by atoms with Crippen molar-refractivity contribution in [3.8, 4) is 11.5 Å². The third-order valence-corrected chi connectivity index (χ3v) is 7.01. The van der Waals surface area contributed by atoms with E-state index in [4.69, 9.17) is 32.7 Å².